The average molecular weight is 191 g/mol. The van der Waals surface area contributed by atoms with Gasteiger partial charge in [-0.05, 0) is 25.0 Å². The van der Waals surface area contributed by atoms with Crippen molar-refractivity contribution in [3.05, 3.63) is 23.9 Å². The van der Waals surface area contributed by atoms with Crippen LogP contribution < -0.4 is 10.6 Å². The number of nitrogens with two attached hydrogens (primary N) is 1. The molecule has 1 aliphatic rings. The van der Waals surface area contributed by atoms with Crippen LogP contribution in [-0.4, -0.2) is 25.1 Å². The van der Waals surface area contributed by atoms with Crippen LogP contribution in [0.25, 0.3) is 0 Å². The molecule has 0 aliphatic heterocycles. The van der Waals surface area contributed by atoms with Gasteiger partial charge >= 0.3 is 0 Å². The highest BCUT2D eigenvalue weighted by molar-refractivity contribution is 5.39. The molecule has 2 N–H and O–H groups in total. The van der Waals surface area contributed by atoms with Crippen LogP contribution in [0, 0.1) is 0 Å². The lowest BCUT2D eigenvalue weighted by atomic mass is 10.2. The van der Waals surface area contributed by atoms with Crippen LogP contribution in [0.5, 0.6) is 0 Å². The molecule has 0 atom stereocenters. The van der Waals surface area contributed by atoms with E-state index in [1.165, 1.54) is 18.5 Å². The molecular formula is C11H17N3. The normalized spacial score (nSPS) is 15.6. The second kappa shape index (κ2) is 3.96. The summed E-state index contributed by atoms with van der Waals surface area (Å²) in [5.41, 5.74) is 6.75. The fourth-order valence-corrected chi connectivity index (χ4v) is 1.57. The highest BCUT2D eigenvalue weighted by Crippen LogP contribution is 2.39. The number of anilines is 1. The molecule has 1 aliphatic carbocycles. The molecule has 3 nitrogen and oxygen atoms in total. The summed E-state index contributed by atoms with van der Waals surface area (Å²) >= 11 is 0. The van der Waals surface area contributed by atoms with E-state index in [9.17, 15) is 0 Å². The van der Waals surface area contributed by atoms with Gasteiger partial charge in [0.05, 0.1) is 0 Å². The first-order chi connectivity index (χ1) is 6.81. The molecule has 0 unspecified atom stereocenters. The number of nitrogens with zero attached hydrogens (tertiary/aromatic N) is 2. The van der Waals surface area contributed by atoms with Gasteiger partial charge in [-0.2, -0.15) is 0 Å². The Labute approximate surface area is 84.9 Å². The zero-order valence-electron chi connectivity index (χ0n) is 8.61. The van der Waals surface area contributed by atoms with Crippen LogP contribution in [0.2, 0.25) is 0 Å². The Morgan fingerprint density at radius 1 is 1.50 bits per heavy atom. The van der Waals surface area contributed by atoms with Crippen molar-refractivity contribution in [3.8, 4) is 0 Å². The average Bonchev–Trinajstić information content (AvgIpc) is 3.02. The van der Waals surface area contributed by atoms with E-state index in [-0.39, 0.29) is 0 Å². The Morgan fingerprint density at radius 2 is 2.29 bits per heavy atom. The van der Waals surface area contributed by atoms with E-state index in [1.54, 1.807) is 0 Å². The van der Waals surface area contributed by atoms with Crippen LogP contribution in [0.4, 0.5) is 5.82 Å². The summed E-state index contributed by atoms with van der Waals surface area (Å²) in [6, 6.07) is 6.25. The van der Waals surface area contributed by atoms with E-state index < -0.39 is 0 Å². The Morgan fingerprint density at radius 3 is 2.93 bits per heavy atom. The summed E-state index contributed by atoms with van der Waals surface area (Å²) in [6.45, 7) is 1.53. The molecule has 0 saturated heterocycles. The molecule has 1 saturated carbocycles. The fourth-order valence-electron chi connectivity index (χ4n) is 1.57. The maximum absolute atomic E-state index is 5.51. The van der Waals surface area contributed by atoms with Crippen molar-refractivity contribution >= 4 is 5.82 Å². The Kier molecular flexibility index (Phi) is 2.68. The van der Waals surface area contributed by atoms with Crippen LogP contribution in [-0.2, 0) is 0 Å². The Bertz CT molecular complexity index is 307. The SMILES string of the molecule is CN(CCN)c1cccc(C2CC2)n1. The van der Waals surface area contributed by atoms with Crippen molar-refractivity contribution in [1.29, 1.82) is 0 Å². The van der Waals surface area contributed by atoms with E-state index in [4.69, 9.17) is 5.73 Å². The second-order valence-corrected chi connectivity index (χ2v) is 3.91. The van der Waals surface area contributed by atoms with Gasteiger partial charge in [0, 0.05) is 31.7 Å². The third kappa shape index (κ3) is 2.04. The summed E-state index contributed by atoms with van der Waals surface area (Å²) in [6.07, 6.45) is 2.61. The first kappa shape index (κ1) is 9.46. The molecule has 1 aromatic heterocycles. The largest absolute Gasteiger partial charge is 0.358 e. The van der Waals surface area contributed by atoms with E-state index in [0.717, 1.165) is 18.3 Å². The number of aromatic nitrogens is 1. The quantitative estimate of drug-likeness (QED) is 0.781. The van der Waals surface area contributed by atoms with Crippen molar-refractivity contribution in [2.24, 2.45) is 5.73 Å². The second-order valence-electron chi connectivity index (χ2n) is 3.91. The van der Waals surface area contributed by atoms with E-state index in [0.29, 0.717) is 6.54 Å². The molecule has 0 aromatic carbocycles. The van der Waals surface area contributed by atoms with Crippen molar-refractivity contribution in [2.45, 2.75) is 18.8 Å². The Balaban J connectivity index is 2.12. The molecule has 1 heterocycles. The smallest absolute Gasteiger partial charge is 0.128 e. The zero-order chi connectivity index (χ0) is 9.97. The van der Waals surface area contributed by atoms with E-state index in [2.05, 4.69) is 22.0 Å². The van der Waals surface area contributed by atoms with Gasteiger partial charge in [-0.3, -0.25) is 0 Å². The van der Waals surface area contributed by atoms with Gasteiger partial charge in [0.15, 0.2) is 0 Å². The molecule has 0 spiro atoms. The van der Waals surface area contributed by atoms with Gasteiger partial charge in [-0.25, -0.2) is 4.98 Å². The summed E-state index contributed by atoms with van der Waals surface area (Å²) < 4.78 is 0. The summed E-state index contributed by atoms with van der Waals surface area (Å²) in [5.74, 6) is 1.76. The minimum atomic E-state index is 0.672. The third-order valence-electron chi connectivity index (χ3n) is 2.61. The topological polar surface area (TPSA) is 42.1 Å². The number of rotatable bonds is 4. The van der Waals surface area contributed by atoms with Crippen LogP contribution in [0.3, 0.4) is 0 Å². The maximum atomic E-state index is 5.51. The van der Waals surface area contributed by atoms with Gasteiger partial charge in [0.1, 0.15) is 5.82 Å². The number of hydrogen-bond acceptors (Lipinski definition) is 3. The lowest BCUT2D eigenvalue weighted by molar-refractivity contribution is 0.858. The predicted octanol–water partition coefficient (Wildman–Crippen LogP) is 1.35. The lowest BCUT2D eigenvalue weighted by Crippen LogP contribution is -2.25. The summed E-state index contributed by atoms with van der Waals surface area (Å²) in [7, 11) is 2.03. The third-order valence-corrected chi connectivity index (χ3v) is 2.61. The highest BCUT2D eigenvalue weighted by Gasteiger charge is 2.25. The zero-order valence-corrected chi connectivity index (χ0v) is 8.61. The van der Waals surface area contributed by atoms with Gasteiger partial charge < -0.3 is 10.6 Å². The van der Waals surface area contributed by atoms with Gasteiger partial charge in [-0.15, -0.1) is 0 Å². The van der Waals surface area contributed by atoms with Crippen molar-refractivity contribution in [1.82, 2.24) is 4.98 Å². The molecule has 0 bridgehead atoms. The van der Waals surface area contributed by atoms with Crippen LogP contribution in [0.1, 0.15) is 24.5 Å². The van der Waals surface area contributed by atoms with Gasteiger partial charge in [0.2, 0.25) is 0 Å². The standard InChI is InChI=1S/C11H17N3/c1-14(8-7-12)11-4-2-3-10(13-11)9-5-6-9/h2-4,9H,5-8,12H2,1H3. The first-order valence-electron chi connectivity index (χ1n) is 5.19. The molecule has 0 amide bonds. The van der Waals surface area contributed by atoms with E-state index >= 15 is 0 Å². The molecule has 2 rings (SSSR count). The van der Waals surface area contributed by atoms with Crippen molar-refractivity contribution in [2.75, 3.05) is 25.0 Å². The monoisotopic (exact) mass is 191 g/mol. The Hall–Kier alpha value is -1.09. The summed E-state index contributed by atoms with van der Waals surface area (Å²) in [4.78, 5) is 6.73. The molecule has 0 radical (unpaired) electrons. The fraction of sp³-hybridized carbons (Fsp3) is 0.545. The first-order valence-corrected chi connectivity index (χ1v) is 5.19. The van der Waals surface area contributed by atoms with Crippen molar-refractivity contribution < 1.29 is 0 Å². The maximum Gasteiger partial charge on any atom is 0.128 e. The van der Waals surface area contributed by atoms with Gasteiger partial charge in [-0.1, -0.05) is 6.07 Å². The van der Waals surface area contributed by atoms with Crippen LogP contribution in [0.15, 0.2) is 18.2 Å². The minimum Gasteiger partial charge on any atom is -0.358 e. The lowest BCUT2D eigenvalue weighted by Gasteiger charge is -2.17. The molecule has 14 heavy (non-hydrogen) atoms. The molecule has 1 fully saturated rings. The number of likely N-dealkylation sites (N-methyl/N-ethyl adjacent to an activating group) is 1. The van der Waals surface area contributed by atoms with E-state index in [1.807, 2.05) is 13.1 Å². The predicted molar refractivity (Wildman–Crippen MR) is 58.5 cm³/mol. The van der Waals surface area contributed by atoms with Crippen LogP contribution >= 0.6 is 0 Å². The molecular weight excluding hydrogens is 174 g/mol. The minimum absolute atomic E-state index is 0.672. The molecule has 3 heteroatoms. The number of pyridine rings is 1. The summed E-state index contributed by atoms with van der Waals surface area (Å²) in [5, 5.41) is 0. The molecule has 76 valence electrons. The van der Waals surface area contributed by atoms with Crippen molar-refractivity contribution in [3.63, 3.8) is 0 Å². The highest BCUT2D eigenvalue weighted by atomic mass is 15.2. The number of hydrogen-bond donors (Lipinski definition) is 1. The molecule has 1 aromatic rings. The van der Waals surface area contributed by atoms with Gasteiger partial charge in [0.25, 0.3) is 0 Å².